The SMILES string of the molecule is CC(C)Oc1ccc(NC(=O)c2ccnc(Br)c2)cc1Cl. The Morgan fingerprint density at radius 1 is 1.33 bits per heavy atom. The fraction of sp³-hybridized carbons (Fsp3) is 0.200. The van der Waals surface area contributed by atoms with Crippen molar-refractivity contribution < 1.29 is 9.53 Å². The van der Waals surface area contributed by atoms with Gasteiger partial charge in [0.05, 0.1) is 11.1 Å². The van der Waals surface area contributed by atoms with Crippen LogP contribution in [-0.2, 0) is 0 Å². The highest BCUT2D eigenvalue weighted by atomic mass is 79.9. The Bertz CT molecular complexity index is 662. The Hall–Kier alpha value is -1.59. The molecule has 0 saturated carbocycles. The van der Waals surface area contributed by atoms with E-state index in [0.717, 1.165) is 0 Å². The van der Waals surface area contributed by atoms with Gasteiger partial charge in [-0.25, -0.2) is 4.98 Å². The molecule has 21 heavy (non-hydrogen) atoms. The maximum atomic E-state index is 12.1. The minimum absolute atomic E-state index is 0.0390. The second-order valence-corrected chi connectivity index (χ2v) is 5.85. The number of nitrogens with zero attached hydrogens (tertiary/aromatic N) is 1. The molecule has 0 aliphatic rings. The Morgan fingerprint density at radius 2 is 2.10 bits per heavy atom. The van der Waals surface area contributed by atoms with E-state index in [1.54, 1.807) is 36.5 Å². The van der Waals surface area contributed by atoms with Gasteiger partial charge in [0.15, 0.2) is 0 Å². The Balaban J connectivity index is 2.13. The molecule has 1 N–H and O–H groups in total. The maximum absolute atomic E-state index is 12.1. The van der Waals surface area contributed by atoms with Crippen LogP contribution in [0, 0.1) is 0 Å². The van der Waals surface area contributed by atoms with Crippen molar-refractivity contribution in [2.24, 2.45) is 0 Å². The summed E-state index contributed by atoms with van der Waals surface area (Å²) in [7, 11) is 0. The summed E-state index contributed by atoms with van der Waals surface area (Å²) in [6, 6.07) is 8.43. The normalized spacial score (nSPS) is 10.5. The molecule has 4 nitrogen and oxygen atoms in total. The van der Waals surface area contributed by atoms with Gasteiger partial charge in [-0.1, -0.05) is 11.6 Å². The van der Waals surface area contributed by atoms with Crippen LogP contribution in [0.4, 0.5) is 5.69 Å². The summed E-state index contributed by atoms with van der Waals surface area (Å²) in [6.45, 7) is 3.85. The van der Waals surface area contributed by atoms with E-state index in [0.29, 0.717) is 26.6 Å². The molecule has 0 bridgehead atoms. The maximum Gasteiger partial charge on any atom is 0.255 e. The highest BCUT2D eigenvalue weighted by molar-refractivity contribution is 9.10. The van der Waals surface area contributed by atoms with Crippen LogP contribution in [0.3, 0.4) is 0 Å². The van der Waals surface area contributed by atoms with Gasteiger partial charge in [0, 0.05) is 17.4 Å². The zero-order valence-corrected chi connectivity index (χ0v) is 13.9. The zero-order chi connectivity index (χ0) is 15.4. The van der Waals surface area contributed by atoms with Crippen molar-refractivity contribution in [1.29, 1.82) is 0 Å². The molecule has 0 saturated heterocycles. The van der Waals surface area contributed by atoms with Crippen LogP contribution in [0.15, 0.2) is 41.1 Å². The lowest BCUT2D eigenvalue weighted by molar-refractivity contribution is 0.102. The van der Waals surface area contributed by atoms with Crippen molar-refractivity contribution in [3.63, 3.8) is 0 Å². The lowest BCUT2D eigenvalue weighted by Crippen LogP contribution is -2.12. The van der Waals surface area contributed by atoms with Gasteiger partial charge in [-0.15, -0.1) is 0 Å². The second kappa shape index (κ2) is 6.91. The first-order chi connectivity index (χ1) is 9.95. The van der Waals surface area contributed by atoms with Gasteiger partial charge in [-0.2, -0.15) is 0 Å². The fourth-order valence-electron chi connectivity index (χ4n) is 1.68. The van der Waals surface area contributed by atoms with E-state index in [2.05, 4.69) is 26.2 Å². The van der Waals surface area contributed by atoms with Crippen LogP contribution in [0.1, 0.15) is 24.2 Å². The Labute approximate surface area is 136 Å². The second-order valence-electron chi connectivity index (χ2n) is 4.63. The number of carbonyl (C=O) groups excluding carboxylic acids is 1. The lowest BCUT2D eigenvalue weighted by Gasteiger charge is -2.12. The molecule has 0 spiro atoms. The van der Waals surface area contributed by atoms with Gasteiger partial charge in [0.1, 0.15) is 10.4 Å². The Morgan fingerprint density at radius 3 is 2.71 bits per heavy atom. The van der Waals surface area contributed by atoms with Gasteiger partial charge in [0.25, 0.3) is 5.91 Å². The highest BCUT2D eigenvalue weighted by Gasteiger charge is 2.09. The molecule has 0 radical (unpaired) electrons. The van der Waals surface area contributed by atoms with E-state index in [1.807, 2.05) is 13.8 Å². The first kappa shape index (κ1) is 15.8. The molecule has 0 fully saturated rings. The minimum Gasteiger partial charge on any atom is -0.489 e. The number of nitrogens with one attached hydrogen (secondary N) is 1. The van der Waals surface area contributed by atoms with Crippen molar-refractivity contribution in [3.05, 3.63) is 51.7 Å². The van der Waals surface area contributed by atoms with E-state index in [9.17, 15) is 4.79 Å². The smallest absolute Gasteiger partial charge is 0.255 e. The molecule has 6 heteroatoms. The van der Waals surface area contributed by atoms with E-state index in [4.69, 9.17) is 16.3 Å². The number of pyridine rings is 1. The van der Waals surface area contributed by atoms with E-state index in [1.165, 1.54) is 0 Å². The van der Waals surface area contributed by atoms with Gasteiger partial charge in [-0.3, -0.25) is 4.79 Å². The minimum atomic E-state index is -0.230. The molecule has 2 aromatic rings. The summed E-state index contributed by atoms with van der Waals surface area (Å²) >= 11 is 9.37. The molecule has 2 rings (SSSR count). The van der Waals surface area contributed by atoms with Crippen LogP contribution in [0.25, 0.3) is 0 Å². The van der Waals surface area contributed by atoms with Gasteiger partial charge < -0.3 is 10.1 Å². The van der Waals surface area contributed by atoms with Gasteiger partial charge in [-0.05, 0) is 60.1 Å². The number of aromatic nitrogens is 1. The standard InChI is InChI=1S/C15H14BrClN2O2/c1-9(2)21-13-4-3-11(8-12(13)17)19-15(20)10-5-6-18-14(16)7-10/h3-9H,1-2H3,(H,19,20). The number of amides is 1. The summed E-state index contributed by atoms with van der Waals surface area (Å²) in [5.41, 5.74) is 1.12. The highest BCUT2D eigenvalue weighted by Crippen LogP contribution is 2.28. The third-order valence-corrected chi connectivity index (χ3v) is 3.27. The number of halogens is 2. The van der Waals surface area contributed by atoms with Crippen LogP contribution in [0.2, 0.25) is 5.02 Å². The third-order valence-electron chi connectivity index (χ3n) is 2.54. The molecule has 0 aliphatic carbocycles. The average molecular weight is 370 g/mol. The third kappa shape index (κ3) is 4.44. The molecule has 110 valence electrons. The molecule has 1 heterocycles. The van der Waals surface area contributed by atoms with E-state index < -0.39 is 0 Å². The molecule has 1 aromatic carbocycles. The van der Waals surface area contributed by atoms with Crippen molar-refractivity contribution in [2.75, 3.05) is 5.32 Å². The van der Waals surface area contributed by atoms with Crippen molar-refractivity contribution in [2.45, 2.75) is 20.0 Å². The first-order valence-corrected chi connectivity index (χ1v) is 7.52. The van der Waals surface area contributed by atoms with Gasteiger partial charge in [0.2, 0.25) is 0 Å². The molecule has 1 aromatic heterocycles. The summed E-state index contributed by atoms with van der Waals surface area (Å²) < 4.78 is 6.15. The molecule has 0 unspecified atom stereocenters. The summed E-state index contributed by atoms with van der Waals surface area (Å²) in [4.78, 5) is 16.1. The van der Waals surface area contributed by atoms with E-state index in [-0.39, 0.29) is 12.0 Å². The summed E-state index contributed by atoms with van der Waals surface area (Å²) in [5.74, 6) is 0.364. The number of carbonyl (C=O) groups is 1. The largest absolute Gasteiger partial charge is 0.489 e. The van der Waals surface area contributed by atoms with Crippen LogP contribution in [0.5, 0.6) is 5.75 Å². The number of benzene rings is 1. The number of hydrogen-bond acceptors (Lipinski definition) is 3. The molecular formula is C15H14BrClN2O2. The number of anilines is 1. The number of rotatable bonds is 4. The summed E-state index contributed by atoms with van der Waals surface area (Å²) in [6.07, 6.45) is 1.60. The Kier molecular flexibility index (Phi) is 5.20. The quantitative estimate of drug-likeness (QED) is 0.805. The lowest BCUT2D eigenvalue weighted by atomic mass is 10.2. The van der Waals surface area contributed by atoms with Crippen LogP contribution < -0.4 is 10.1 Å². The predicted octanol–water partition coefficient (Wildman–Crippen LogP) is 4.54. The van der Waals surface area contributed by atoms with Crippen molar-refractivity contribution >= 4 is 39.1 Å². The molecule has 0 aliphatic heterocycles. The molecular weight excluding hydrogens is 356 g/mol. The number of ether oxygens (including phenoxy) is 1. The zero-order valence-electron chi connectivity index (χ0n) is 11.6. The van der Waals surface area contributed by atoms with Crippen LogP contribution in [-0.4, -0.2) is 17.0 Å². The van der Waals surface area contributed by atoms with Crippen molar-refractivity contribution in [1.82, 2.24) is 4.98 Å². The predicted molar refractivity (Wildman–Crippen MR) is 87.1 cm³/mol. The van der Waals surface area contributed by atoms with Gasteiger partial charge >= 0.3 is 0 Å². The average Bonchev–Trinajstić information content (AvgIpc) is 2.41. The fourth-order valence-corrected chi connectivity index (χ4v) is 2.26. The molecule has 0 atom stereocenters. The summed E-state index contributed by atoms with van der Waals surface area (Å²) in [5, 5.41) is 3.24. The van der Waals surface area contributed by atoms with E-state index >= 15 is 0 Å². The molecule has 1 amide bonds. The first-order valence-electron chi connectivity index (χ1n) is 6.35. The number of hydrogen-bond donors (Lipinski definition) is 1. The van der Waals surface area contributed by atoms with Crippen LogP contribution >= 0.6 is 27.5 Å². The van der Waals surface area contributed by atoms with Crippen molar-refractivity contribution in [3.8, 4) is 5.75 Å². The monoisotopic (exact) mass is 368 g/mol. The topological polar surface area (TPSA) is 51.2 Å².